The van der Waals surface area contributed by atoms with Gasteiger partial charge in [0.2, 0.25) is 0 Å². The van der Waals surface area contributed by atoms with Gasteiger partial charge in [-0.25, -0.2) is 4.79 Å². The topological polar surface area (TPSA) is 46.5 Å². The highest BCUT2D eigenvalue weighted by Gasteiger charge is 2.06. The Bertz CT molecular complexity index is 678. The first kappa shape index (κ1) is 12.7. The Balaban J connectivity index is 2.58. The standard InChI is InChI=1S/C16H12O3/c1-2-11-19-15-9-7-12-5-3-4-6-13(12)14(15)8-10-16(17)18/h1,3-10H,11H2,(H,17,18)/b10-8+. The lowest BCUT2D eigenvalue weighted by molar-refractivity contribution is -0.131. The molecule has 0 fully saturated rings. The summed E-state index contributed by atoms with van der Waals surface area (Å²) in [6.45, 7) is 0.145. The number of hydrogen-bond acceptors (Lipinski definition) is 2. The molecule has 0 spiro atoms. The molecule has 3 heteroatoms. The second-order valence-electron chi connectivity index (χ2n) is 3.86. The van der Waals surface area contributed by atoms with Crippen LogP contribution in [0.25, 0.3) is 16.8 Å². The molecule has 2 rings (SSSR count). The van der Waals surface area contributed by atoms with Crippen LogP contribution < -0.4 is 4.74 Å². The number of aliphatic carboxylic acids is 1. The van der Waals surface area contributed by atoms with Crippen LogP contribution in [0.4, 0.5) is 0 Å². The molecule has 0 bridgehead atoms. The molecule has 0 unspecified atom stereocenters. The SMILES string of the molecule is C#CCOc1ccc2ccccc2c1/C=C/C(=O)O. The van der Waals surface area contributed by atoms with Crippen LogP contribution in [0.2, 0.25) is 0 Å². The predicted molar refractivity (Wildman–Crippen MR) is 74.9 cm³/mol. The molecular formula is C16H12O3. The van der Waals surface area contributed by atoms with E-state index in [1.54, 1.807) is 6.07 Å². The third kappa shape index (κ3) is 2.93. The second kappa shape index (κ2) is 5.74. The van der Waals surface area contributed by atoms with Crippen LogP contribution >= 0.6 is 0 Å². The fourth-order valence-corrected chi connectivity index (χ4v) is 1.85. The third-order valence-corrected chi connectivity index (χ3v) is 2.63. The molecule has 0 aromatic heterocycles. The molecule has 1 N–H and O–H groups in total. The van der Waals surface area contributed by atoms with E-state index in [0.29, 0.717) is 5.75 Å². The van der Waals surface area contributed by atoms with Gasteiger partial charge in [0.15, 0.2) is 0 Å². The number of benzene rings is 2. The molecule has 0 saturated carbocycles. The minimum atomic E-state index is -1.00. The van der Waals surface area contributed by atoms with Gasteiger partial charge in [-0.15, -0.1) is 6.42 Å². The molecule has 3 nitrogen and oxygen atoms in total. The van der Waals surface area contributed by atoms with Gasteiger partial charge in [0.1, 0.15) is 12.4 Å². The largest absolute Gasteiger partial charge is 0.480 e. The highest BCUT2D eigenvalue weighted by Crippen LogP contribution is 2.29. The first-order valence-electron chi connectivity index (χ1n) is 5.71. The van der Waals surface area contributed by atoms with E-state index < -0.39 is 5.97 Å². The maximum atomic E-state index is 10.7. The zero-order chi connectivity index (χ0) is 13.7. The van der Waals surface area contributed by atoms with Gasteiger partial charge < -0.3 is 9.84 Å². The van der Waals surface area contributed by atoms with Gasteiger partial charge in [0.25, 0.3) is 0 Å². The minimum Gasteiger partial charge on any atom is -0.480 e. The Morgan fingerprint density at radius 2 is 2.11 bits per heavy atom. The number of carbonyl (C=O) groups is 1. The van der Waals surface area contributed by atoms with Crippen molar-refractivity contribution in [2.75, 3.05) is 6.61 Å². The van der Waals surface area contributed by atoms with E-state index in [9.17, 15) is 4.79 Å². The summed E-state index contributed by atoms with van der Waals surface area (Å²) in [5, 5.41) is 10.7. The third-order valence-electron chi connectivity index (χ3n) is 2.63. The van der Waals surface area contributed by atoms with E-state index >= 15 is 0 Å². The van der Waals surface area contributed by atoms with Gasteiger partial charge in [-0.1, -0.05) is 36.3 Å². The van der Waals surface area contributed by atoms with Crippen LogP contribution in [0.1, 0.15) is 5.56 Å². The Labute approximate surface area is 111 Å². The summed E-state index contributed by atoms with van der Waals surface area (Å²) in [4.78, 5) is 10.7. The number of fused-ring (bicyclic) bond motifs is 1. The van der Waals surface area contributed by atoms with Crippen molar-refractivity contribution < 1.29 is 14.6 Å². The summed E-state index contributed by atoms with van der Waals surface area (Å²) in [7, 11) is 0. The smallest absolute Gasteiger partial charge is 0.328 e. The molecule has 2 aromatic carbocycles. The maximum absolute atomic E-state index is 10.7. The molecule has 0 saturated heterocycles. The van der Waals surface area contributed by atoms with E-state index in [-0.39, 0.29) is 6.61 Å². The molecular weight excluding hydrogens is 240 g/mol. The maximum Gasteiger partial charge on any atom is 0.328 e. The van der Waals surface area contributed by atoms with Crippen molar-refractivity contribution in [1.29, 1.82) is 0 Å². The Hall–Kier alpha value is -2.73. The Kier molecular flexibility index (Phi) is 3.84. The average Bonchev–Trinajstić information content (AvgIpc) is 2.42. The van der Waals surface area contributed by atoms with Gasteiger partial charge in [-0.2, -0.15) is 0 Å². The van der Waals surface area contributed by atoms with Crippen LogP contribution in [-0.2, 0) is 4.79 Å². The summed E-state index contributed by atoms with van der Waals surface area (Å²) in [6, 6.07) is 11.4. The average molecular weight is 252 g/mol. The molecule has 94 valence electrons. The fraction of sp³-hybridized carbons (Fsp3) is 0.0625. The van der Waals surface area contributed by atoms with E-state index in [1.807, 2.05) is 30.3 Å². The van der Waals surface area contributed by atoms with Gasteiger partial charge in [-0.3, -0.25) is 0 Å². The predicted octanol–water partition coefficient (Wildman–Crippen LogP) is 2.95. The minimum absolute atomic E-state index is 0.145. The summed E-state index contributed by atoms with van der Waals surface area (Å²) in [5.74, 6) is 1.97. The van der Waals surface area contributed by atoms with E-state index in [4.69, 9.17) is 16.3 Å². The second-order valence-corrected chi connectivity index (χ2v) is 3.86. The Morgan fingerprint density at radius 3 is 2.84 bits per heavy atom. The summed E-state index contributed by atoms with van der Waals surface area (Å²) in [5.41, 5.74) is 0.718. The Morgan fingerprint density at radius 1 is 1.32 bits per heavy atom. The first-order chi connectivity index (χ1) is 9.22. The lowest BCUT2D eigenvalue weighted by Crippen LogP contribution is -1.96. The zero-order valence-corrected chi connectivity index (χ0v) is 10.2. The van der Waals surface area contributed by atoms with Crippen molar-refractivity contribution in [3.05, 3.63) is 48.0 Å². The molecule has 0 amide bonds. The van der Waals surface area contributed by atoms with Crippen LogP contribution in [0.15, 0.2) is 42.5 Å². The van der Waals surface area contributed by atoms with Crippen molar-refractivity contribution in [3.8, 4) is 18.1 Å². The lowest BCUT2D eigenvalue weighted by atomic mass is 10.0. The van der Waals surface area contributed by atoms with E-state index in [1.165, 1.54) is 6.08 Å². The number of ether oxygens (including phenoxy) is 1. The highest BCUT2D eigenvalue weighted by atomic mass is 16.5. The van der Waals surface area contributed by atoms with Crippen molar-refractivity contribution in [3.63, 3.8) is 0 Å². The highest BCUT2D eigenvalue weighted by molar-refractivity contribution is 5.96. The van der Waals surface area contributed by atoms with E-state index in [0.717, 1.165) is 22.4 Å². The van der Waals surface area contributed by atoms with Gasteiger partial charge >= 0.3 is 5.97 Å². The van der Waals surface area contributed by atoms with Gasteiger partial charge in [0, 0.05) is 11.6 Å². The number of carboxylic acid groups (broad SMARTS) is 1. The summed E-state index contributed by atoms with van der Waals surface area (Å²) < 4.78 is 5.45. The molecule has 0 aliphatic heterocycles. The van der Waals surface area contributed by atoms with Crippen molar-refractivity contribution in [1.82, 2.24) is 0 Å². The molecule has 0 heterocycles. The quantitative estimate of drug-likeness (QED) is 0.672. The molecule has 2 aromatic rings. The molecule has 0 radical (unpaired) electrons. The van der Waals surface area contributed by atoms with Crippen LogP contribution in [-0.4, -0.2) is 17.7 Å². The monoisotopic (exact) mass is 252 g/mol. The van der Waals surface area contributed by atoms with E-state index in [2.05, 4.69) is 5.92 Å². The van der Waals surface area contributed by atoms with Crippen LogP contribution in [0, 0.1) is 12.3 Å². The van der Waals surface area contributed by atoms with Crippen LogP contribution in [0.3, 0.4) is 0 Å². The van der Waals surface area contributed by atoms with Crippen LogP contribution in [0.5, 0.6) is 5.75 Å². The van der Waals surface area contributed by atoms with Crippen molar-refractivity contribution in [2.24, 2.45) is 0 Å². The number of hydrogen-bond donors (Lipinski definition) is 1. The first-order valence-corrected chi connectivity index (χ1v) is 5.71. The lowest BCUT2D eigenvalue weighted by Gasteiger charge is -2.09. The zero-order valence-electron chi connectivity index (χ0n) is 10.2. The van der Waals surface area contributed by atoms with Crippen molar-refractivity contribution in [2.45, 2.75) is 0 Å². The number of carboxylic acids is 1. The molecule has 19 heavy (non-hydrogen) atoms. The van der Waals surface area contributed by atoms with Gasteiger partial charge in [0.05, 0.1) is 0 Å². The molecule has 0 aliphatic carbocycles. The molecule has 0 aliphatic rings. The fourth-order valence-electron chi connectivity index (χ4n) is 1.85. The van der Waals surface area contributed by atoms with Gasteiger partial charge in [-0.05, 0) is 22.9 Å². The summed E-state index contributed by atoms with van der Waals surface area (Å²) >= 11 is 0. The normalized spacial score (nSPS) is 10.5. The van der Waals surface area contributed by atoms with Crippen molar-refractivity contribution >= 4 is 22.8 Å². The number of terminal acetylenes is 1. The summed E-state index contributed by atoms with van der Waals surface area (Å²) in [6.07, 6.45) is 7.79. The number of rotatable bonds is 4. The molecule has 0 atom stereocenters.